The maximum absolute atomic E-state index is 13.1. The van der Waals surface area contributed by atoms with Crippen molar-refractivity contribution in [2.24, 2.45) is 0 Å². The van der Waals surface area contributed by atoms with Crippen LogP contribution in [0.15, 0.2) is 57.7 Å². The van der Waals surface area contributed by atoms with Crippen LogP contribution < -0.4 is 19.8 Å². The summed E-state index contributed by atoms with van der Waals surface area (Å²) in [6, 6.07) is 13.3. The van der Waals surface area contributed by atoms with Crippen molar-refractivity contribution in [3.05, 3.63) is 64.5 Å². The molecule has 1 fully saturated rings. The van der Waals surface area contributed by atoms with Crippen molar-refractivity contribution in [3.63, 3.8) is 0 Å². The molecule has 1 aliphatic heterocycles. The van der Waals surface area contributed by atoms with Crippen LogP contribution in [0, 0.1) is 0 Å². The highest BCUT2D eigenvalue weighted by Gasteiger charge is 2.53. The van der Waals surface area contributed by atoms with E-state index in [4.69, 9.17) is 42.3 Å². The van der Waals surface area contributed by atoms with Gasteiger partial charge in [-0.15, -0.1) is 0 Å². The lowest BCUT2D eigenvalue weighted by Gasteiger charge is -2.43. The highest BCUT2D eigenvalue weighted by atomic mass is 16.7. The van der Waals surface area contributed by atoms with Gasteiger partial charge in [0.15, 0.2) is 18.0 Å². The summed E-state index contributed by atoms with van der Waals surface area (Å²) >= 11 is 0. The molecule has 48 heavy (non-hydrogen) atoms. The minimum atomic E-state index is -1.53. The molecule has 0 aliphatic carbocycles. The Kier molecular flexibility index (Phi) is 11.7. The molecule has 0 amide bonds. The first-order valence-electron chi connectivity index (χ1n) is 14.8. The molecule has 256 valence electrons. The van der Waals surface area contributed by atoms with E-state index in [-0.39, 0.29) is 35.5 Å². The summed E-state index contributed by atoms with van der Waals surface area (Å²) in [6.07, 6.45) is -7.12. The van der Waals surface area contributed by atoms with E-state index in [1.165, 1.54) is 18.2 Å². The van der Waals surface area contributed by atoms with Gasteiger partial charge in [0, 0.05) is 40.2 Å². The van der Waals surface area contributed by atoms with E-state index in [1.807, 2.05) is 30.3 Å². The van der Waals surface area contributed by atoms with Crippen LogP contribution in [-0.2, 0) is 54.3 Å². The van der Waals surface area contributed by atoms with E-state index < -0.39 is 78.5 Å². The van der Waals surface area contributed by atoms with Gasteiger partial charge in [-0.1, -0.05) is 37.3 Å². The number of hydrogen-bond acceptors (Lipinski definition) is 15. The molecule has 1 aromatic heterocycles. The summed E-state index contributed by atoms with van der Waals surface area (Å²) in [7, 11) is 0. The van der Waals surface area contributed by atoms with Gasteiger partial charge in [-0.25, -0.2) is 4.79 Å². The summed E-state index contributed by atoms with van der Waals surface area (Å²) in [5.74, 6) is -4.24. The highest BCUT2D eigenvalue weighted by molar-refractivity contribution is 5.88. The molecular weight excluding hydrogens is 636 g/mol. The minimum Gasteiger partial charge on any atom is -0.484 e. The summed E-state index contributed by atoms with van der Waals surface area (Å²) in [5, 5.41) is 0.248. The molecule has 1 aliphatic rings. The number of ether oxygens (including phenoxy) is 8. The van der Waals surface area contributed by atoms with Crippen LogP contribution in [0.5, 0.6) is 17.2 Å². The average Bonchev–Trinajstić information content (AvgIpc) is 3.02. The van der Waals surface area contributed by atoms with E-state index in [9.17, 15) is 28.8 Å². The van der Waals surface area contributed by atoms with E-state index in [2.05, 4.69) is 0 Å². The number of benzene rings is 2. The third-order valence-corrected chi connectivity index (χ3v) is 6.72. The maximum Gasteiger partial charge on any atom is 0.383 e. The van der Waals surface area contributed by atoms with Crippen LogP contribution in [0.25, 0.3) is 11.0 Å². The van der Waals surface area contributed by atoms with Gasteiger partial charge in [0.1, 0.15) is 30.7 Å². The van der Waals surface area contributed by atoms with Gasteiger partial charge < -0.3 is 42.3 Å². The van der Waals surface area contributed by atoms with Crippen molar-refractivity contribution < 1.29 is 66.3 Å². The van der Waals surface area contributed by atoms with Crippen LogP contribution in [0.3, 0.4) is 0 Å². The molecule has 0 unspecified atom stereocenters. The Balaban J connectivity index is 1.75. The van der Waals surface area contributed by atoms with Crippen LogP contribution in [-0.4, -0.2) is 67.2 Å². The normalized spacial score (nSPS) is 20.2. The molecule has 0 saturated carbocycles. The molecule has 0 spiro atoms. The summed E-state index contributed by atoms with van der Waals surface area (Å²) in [4.78, 5) is 73.1. The Morgan fingerprint density at radius 1 is 0.771 bits per heavy atom. The Morgan fingerprint density at radius 2 is 1.42 bits per heavy atom. The molecule has 4 rings (SSSR count). The lowest BCUT2D eigenvalue weighted by atomic mass is 9.98. The zero-order valence-electron chi connectivity index (χ0n) is 26.8. The van der Waals surface area contributed by atoms with E-state index >= 15 is 0 Å². The molecule has 0 N–H and O–H groups in total. The van der Waals surface area contributed by atoms with E-state index in [0.29, 0.717) is 0 Å². The van der Waals surface area contributed by atoms with Gasteiger partial charge in [-0.2, -0.15) is 0 Å². The number of esters is 5. The maximum atomic E-state index is 13.1. The first kappa shape index (κ1) is 35.4. The summed E-state index contributed by atoms with van der Waals surface area (Å²) in [5.41, 5.74) is -0.269. The van der Waals surface area contributed by atoms with Crippen molar-refractivity contribution >= 4 is 40.8 Å². The molecule has 0 bridgehead atoms. The SMILES string of the molecule is CCC(=O)Oc1c(OCc2ccccc2)c2ccc(O[C@@H]3O[C@H](COC(C)=O)[C@@H](OC(C)=O)[C@H](OC(C)=O)[C@H]3OC(C)=O)cc2oc1=O. The molecule has 2 heterocycles. The van der Waals surface area contributed by atoms with Crippen molar-refractivity contribution in [1.82, 2.24) is 0 Å². The predicted octanol–water partition coefficient (Wildman–Crippen LogP) is 3.15. The fourth-order valence-electron chi connectivity index (χ4n) is 4.77. The zero-order valence-corrected chi connectivity index (χ0v) is 26.8. The third-order valence-electron chi connectivity index (χ3n) is 6.72. The van der Waals surface area contributed by atoms with Gasteiger partial charge in [0.25, 0.3) is 5.75 Å². The number of carbonyl (C=O) groups excluding carboxylic acids is 5. The first-order valence-corrected chi connectivity index (χ1v) is 14.8. The fourth-order valence-corrected chi connectivity index (χ4v) is 4.77. The number of rotatable bonds is 12. The van der Waals surface area contributed by atoms with Gasteiger partial charge >= 0.3 is 35.5 Å². The number of carbonyl (C=O) groups is 5. The third kappa shape index (κ3) is 9.09. The van der Waals surface area contributed by atoms with E-state index in [1.54, 1.807) is 6.92 Å². The smallest absolute Gasteiger partial charge is 0.383 e. The Morgan fingerprint density at radius 3 is 2.04 bits per heavy atom. The largest absolute Gasteiger partial charge is 0.484 e. The highest BCUT2D eigenvalue weighted by Crippen LogP contribution is 2.37. The second-order valence-electron chi connectivity index (χ2n) is 10.5. The van der Waals surface area contributed by atoms with E-state index in [0.717, 1.165) is 33.3 Å². The van der Waals surface area contributed by atoms with Crippen molar-refractivity contribution in [2.75, 3.05) is 6.61 Å². The lowest BCUT2D eigenvalue weighted by Crippen LogP contribution is -2.63. The fraction of sp³-hybridized carbons (Fsp3) is 0.394. The molecule has 15 nitrogen and oxygen atoms in total. The zero-order chi connectivity index (χ0) is 35.0. The van der Waals surface area contributed by atoms with Gasteiger partial charge in [0.2, 0.25) is 12.4 Å². The number of hydrogen-bond donors (Lipinski definition) is 0. The topological polar surface area (TPSA) is 189 Å². The second kappa shape index (κ2) is 15.9. The van der Waals surface area contributed by atoms with Crippen molar-refractivity contribution in [1.29, 1.82) is 0 Å². The summed E-state index contributed by atoms with van der Waals surface area (Å²) < 4.78 is 50.1. The minimum absolute atomic E-state index is 0.0128. The Hall–Kier alpha value is -5.44. The molecule has 5 atom stereocenters. The van der Waals surface area contributed by atoms with Gasteiger partial charge in [-0.3, -0.25) is 24.0 Å². The summed E-state index contributed by atoms with van der Waals surface area (Å²) in [6.45, 7) is 5.58. The predicted molar refractivity (Wildman–Crippen MR) is 162 cm³/mol. The van der Waals surface area contributed by atoms with Crippen LogP contribution in [0.1, 0.15) is 46.6 Å². The number of fused-ring (bicyclic) bond motifs is 1. The van der Waals surface area contributed by atoms with Crippen molar-refractivity contribution in [3.8, 4) is 17.2 Å². The Labute approximate surface area is 273 Å². The molecule has 15 heteroatoms. The van der Waals surface area contributed by atoms with Gasteiger partial charge in [0.05, 0.1) is 5.39 Å². The molecular formula is C33H34O15. The van der Waals surface area contributed by atoms with Crippen molar-refractivity contribution in [2.45, 2.75) is 78.4 Å². The average molecular weight is 671 g/mol. The molecule has 3 aromatic rings. The first-order chi connectivity index (χ1) is 22.9. The molecule has 2 aromatic carbocycles. The monoisotopic (exact) mass is 670 g/mol. The Bertz CT molecular complexity index is 1710. The van der Waals surface area contributed by atoms with Crippen LogP contribution >= 0.6 is 0 Å². The quantitative estimate of drug-likeness (QED) is 0.155. The second-order valence-corrected chi connectivity index (χ2v) is 10.5. The standard InChI is InChI=1S/C33H34O15/c1-6-26(38)48-30-27(41-15-21-10-8-7-9-11-21)23-13-12-22(14-24(23)46-32(30)39)45-33-31(44-20(5)37)29(43-19(4)36)28(42-18(3)35)25(47-33)16-40-17(2)34/h7-14,25,28-29,31,33H,6,15-16H2,1-5H3/t25-,28-,29+,31-,33-/m1/s1. The molecule has 0 radical (unpaired) electrons. The van der Waals surface area contributed by atoms with Crippen LogP contribution in [0.2, 0.25) is 0 Å². The van der Waals surface area contributed by atoms with Crippen LogP contribution in [0.4, 0.5) is 0 Å². The lowest BCUT2D eigenvalue weighted by molar-refractivity contribution is -0.288. The molecule has 1 saturated heterocycles. The van der Waals surface area contributed by atoms with Gasteiger partial charge in [-0.05, 0) is 17.7 Å².